The number of rotatable bonds is 7. The van der Waals surface area contributed by atoms with Crippen molar-refractivity contribution in [1.82, 2.24) is 25.5 Å². The van der Waals surface area contributed by atoms with E-state index in [0.717, 1.165) is 0 Å². The third kappa shape index (κ3) is 4.11. The number of esters is 1. The summed E-state index contributed by atoms with van der Waals surface area (Å²) in [5.74, 6) is -0.499. The quantitative estimate of drug-likeness (QED) is 0.598. The first-order chi connectivity index (χ1) is 10.7. The van der Waals surface area contributed by atoms with Crippen LogP contribution < -0.4 is 5.32 Å². The van der Waals surface area contributed by atoms with Gasteiger partial charge in [0.1, 0.15) is 6.33 Å². The van der Waals surface area contributed by atoms with Gasteiger partial charge in [-0.3, -0.25) is 9.59 Å². The zero-order valence-electron chi connectivity index (χ0n) is 12.2. The van der Waals surface area contributed by atoms with E-state index in [0.29, 0.717) is 30.8 Å². The largest absolute Gasteiger partial charge is 0.466 e. The number of tetrazole rings is 1. The first-order valence-corrected chi connectivity index (χ1v) is 6.98. The standard InChI is InChI=1S/C14H17N5O3/c1-2-22-13(20)8-5-9-15-14(21)11-6-3-4-7-12(11)19-10-16-17-18-19/h3-4,6-7,10H,2,5,8-9H2,1H3,(H,15,21). The molecule has 0 aliphatic heterocycles. The molecule has 1 aromatic heterocycles. The van der Waals surface area contributed by atoms with Crippen molar-refractivity contribution in [2.24, 2.45) is 0 Å². The van der Waals surface area contributed by atoms with Gasteiger partial charge in [-0.15, -0.1) is 5.10 Å². The molecule has 2 aromatic rings. The first kappa shape index (κ1) is 15.6. The number of carbonyl (C=O) groups is 2. The van der Waals surface area contributed by atoms with Gasteiger partial charge >= 0.3 is 5.97 Å². The van der Waals surface area contributed by atoms with Gasteiger partial charge in [-0.2, -0.15) is 4.68 Å². The fraction of sp³-hybridized carbons (Fsp3) is 0.357. The van der Waals surface area contributed by atoms with Crippen LogP contribution in [0.5, 0.6) is 0 Å². The Kier molecular flexibility index (Phi) is 5.58. The minimum absolute atomic E-state index is 0.241. The molecule has 0 aliphatic rings. The van der Waals surface area contributed by atoms with Crippen molar-refractivity contribution in [2.45, 2.75) is 19.8 Å². The zero-order valence-corrected chi connectivity index (χ0v) is 12.2. The molecule has 0 aliphatic carbocycles. The summed E-state index contributed by atoms with van der Waals surface area (Å²) < 4.78 is 6.25. The number of benzene rings is 1. The van der Waals surface area contributed by atoms with Crippen LogP contribution in [0.25, 0.3) is 5.69 Å². The minimum Gasteiger partial charge on any atom is -0.466 e. The van der Waals surface area contributed by atoms with Crippen molar-refractivity contribution < 1.29 is 14.3 Å². The summed E-state index contributed by atoms with van der Waals surface area (Å²) in [4.78, 5) is 23.4. The summed E-state index contributed by atoms with van der Waals surface area (Å²) >= 11 is 0. The van der Waals surface area contributed by atoms with Crippen molar-refractivity contribution in [3.05, 3.63) is 36.2 Å². The van der Waals surface area contributed by atoms with E-state index in [1.807, 2.05) is 0 Å². The maximum atomic E-state index is 12.2. The number of amides is 1. The second kappa shape index (κ2) is 7.87. The van der Waals surface area contributed by atoms with Crippen LogP contribution in [-0.2, 0) is 9.53 Å². The predicted molar refractivity (Wildman–Crippen MR) is 77.4 cm³/mol. The highest BCUT2D eigenvalue weighted by Gasteiger charge is 2.12. The molecule has 0 fully saturated rings. The van der Waals surface area contributed by atoms with Gasteiger partial charge in [0.25, 0.3) is 5.91 Å². The van der Waals surface area contributed by atoms with Crippen molar-refractivity contribution in [3.8, 4) is 5.69 Å². The Balaban J connectivity index is 1.92. The summed E-state index contributed by atoms with van der Waals surface area (Å²) in [7, 11) is 0. The molecule has 22 heavy (non-hydrogen) atoms. The second-order valence-corrected chi connectivity index (χ2v) is 4.44. The molecule has 0 bridgehead atoms. The highest BCUT2D eigenvalue weighted by atomic mass is 16.5. The predicted octanol–water partition coefficient (Wildman–Crippen LogP) is 0.735. The fourth-order valence-corrected chi connectivity index (χ4v) is 1.90. The molecule has 1 amide bonds. The van der Waals surface area contributed by atoms with E-state index in [1.165, 1.54) is 11.0 Å². The van der Waals surface area contributed by atoms with Gasteiger partial charge in [0.2, 0.25) is 0 Å². The number of nitrogens with one attached hydrogen (secondary N) is 1. The lowest BCUT2D eigenvalue weighted by atomic mass is 10.1. The molecule has 0 saturated carbocycles. The molecule has 0 spiro atoms. The van der Waals surface area contributed by atoms with E-state index in [1.54, 1.807) is 31.2 Å². The van der Waals surface area contributed by atoms with E-state index in [2.05, 4.69) is 20.8 Å². The third-order valence-corrected chi connectivity index (χ3v) is 2.89. The number of hydrogen-bond donors (Lipinski definition) is 1. The Bertz CT molecular complexity index is 627. The third-order valence-electron chi connectivity index (χ3n) is 2.89. The monoisotopic (exact) mass is 303 g/mol. The van der Waals surface area contributed by atoms with E-state index in [4.69, 9.17) is 4.74 Å². The lowest BCUT2D eigenvalue weighted by Crippen LogP contribution is -2.26. The molecular formula is C14H17N5O3. The van der Waals surface area contributed by atoms with Crippen molar-refractivity contribution >= 4 is 11.9 Å². The molecule has 1 heterocycles. The summed E-state index contributed by atoms with van der Waals surface area (Å²) in [5.41, 5.74) is 1.06. The van der Waals surface area contributed by atoms with E-state index in [9.17, 15) is 9.59 Å². The van der Waals surface area contributed by atoms with Crippen LogP contribution in [0.4, 0.5) is 0 Å². The Morgan fingerprint density at radius 1 is 1.32 bits per heavy atom. The minimum atomic E-state index is -0.258. The van der Waals surface area contributed by atoms with E-state index < -0.39 is 0 Å². The summed E-state index contributed by atoms with van der Waals surface area (Å²) in [6.45, 7) is 2.52. The van der Waals surface area contributed by atoms with Crippen LogP contribution in [0.15, 0.2) is 30.6 Å². The zero-order chi connectivity index (χ0) is 15.8. The van der Waals surface area contributed by atoms with E-state index in [-0.39, 0.29) is 18.3 Å². The smallest absolute Gasteiger partial charge is 0.305 e. The summed E-state index contributed by atoms with van der Waals surface area (Å²) in [6.07, 6.45) is 2.23. The summed E-state index contributed by atoms with van der Waals surface area (Å²) in [5, 5.41) is 13.7. The lowest BCUT2D eigenvalue weighted by molar-refractivity contribution is -0.143. The highest BCUT2D eigenvalue weighted by Crippen LogP contribution is 2.12. The molecule has 0 saturated heterocycles. The number of nitrogens with zero attached hydrogens (tertiary/aromatic N) is 4. The molecule has 1 N–H and O–H groups in total. The number of para-hydroxylation sites is 1. The van der Waals surface area contributed by atoms with Crippen molar-refractivity contribution in [3.63, 3.8) is 0 Å². The van der Waals surface area contributed by atoms with Crippen molar-refractivity contribution in [2.75, 3.05) is 13.2 Å². The van der Waals surface area contributed by atoms with Gasteiger partial charge in [-0.25, -0.2) is 0 Å². The number of hydrogen-bond acceptors (Lipinski definition) is 6. The molecule has 8 nitrogen and oxygen atoms in total. The molecule has 0 unspecified atom stereocenters. The number of carbonyl (C=O) groups excluding carboxylic acids is 2. The molecule has 0 atom stereocenters. The Morgan fingerprint density at radius 3 is 2.86 bits per heavy atom. The lowest BCUT2D eigenvalue weighted by Gasteiger charge is -2.09. The van der Waals surface area contributed by atoms with Crippen LogP contribution in [0.3, 0.4) is 0 Å². The Hall–Kier alpha value is -2.77. The average Bonchev–Trinajstić information content (AvgIpc) is 3.06. The van der Waals surface area contributed by atoms with Crippen LogP contribution >= 0.6 is 0 Å². The SMILES string of the molecule is CCOC(=O)CCCNC(=O)c1ccccc1-n1cnnn1. The number of ether oxygens (including phenoxy) is 1. The Morgan fingerprint density at radius 2 is 2.14 bits per heavy atom. The van der Waals surface area contributed by atoms with E-state index >= 15 is 0 Å². The molecule has 8 heteroatoms. The molecule has 0 radical (unpaired) electrons. The number of aromatic nitrogens is 4. The normalized spacial score (nSPS) is 10.2. The van der Waals surface area contributed by atoms with Crippen molar-refractivity contribution in [1.29, 1.82) is 0 Å². The molecular weight excluding hydrogens is 286 g/mol. The van der Waals surface area contributed by atoms with Crippen LogP contribution in [-0.4, -0.2) is 45.2 Å². The topological polar surface area (TPSA) is 99.0 Å². The van der Waals surface area contributed by atoms with Gasteiger partial charge in [-0.1, -0.05) is 12.1 Å². The average molecular weight is 303 g/mol. The Labute approximate surface area is 127 Å². The van der Waals surface area contributed by atoms with Crippen LogP contribution in [0.1, 0.15) is 30.1 Å². The van der Waals surface area contributed by atoms with Gasteiger partial charge in [0.05, 0.1) is 17.9 Å². The van der Waals surface area contributed by atoms with Gasteiger partial charge in [0, 0.05) is 13.0 Å². The summed E-state index contributed by atoms with van der Waals surface area (Å²) in [6, 6.07) is 7.01. The molecule has 1 aromatic carbocycles. The van der Waals surface area contributed by atoms with Gasteiger partial charge < -0.3 is 10.1 Å². The van der Waals surface area contributed by atoms with Crippen LogP contribution in [0, 0.1) is 0 Å². The highest BCUT2D eigenvalue weighted by molar-refractivity contribution is 5.97. The van der Waals surface area contributed by atoms with Gasteiger partial charge in [-0.05, 0) is 35.9 Å². The van der Waals surface area contributed by atoms with Crippen LogP contribution in [0.2, 0.25) is 0 Å². The second-order valence-electron chi connectivity index (χ2n) is 4.44. The maximum Gasteiger partial charge on any atom is 0.305 e. The maximum absolute atomic E-state index is 12.2. The molecule has 116 valence electrons. The first-order valence-electron chi connectivity index (χ1n) is 6.98. The van der Waals surface area contributed by atoms with Gasteiger partial charge in [0.15, 0.2) is 0 Å². The molecule has 2 rings (SSSR count). The fourth-order valence-electron chi connectivity index (χ4n) is 1.90.